The first-order valence-corrected chi connectivity index (χ1v) is 12.1. The summed E-state index contributed by atoms with van der Waals surface area (Å²) in [5.41, 5.74) is 0.421. The van der Waals surface area contributed by atoms with Crippen molar-refractivity contribution >= 4 is 35.2 Å². The minimum atomic E-state index is -1.18. The van der Waals surface area contributed by atoms with Crippen LogP contribution in [0.5, 0.6) is 0 Å². The molecule has 1 aromatic carbocycles. The Kier molecular flexibility index (Phi) is 5.77. The highest BCUT2D eigenvalue weighted by molar-refractivity contribution is 7.98. The third-order valence-electron chi connectivity index (χ3n) is 6.64. The molecule has 160 valence electrons. The van der Waals surface area contributed by atoms with Crippen molar-refractivity contribution in [2.45, 2.75) is 37.8 Å². The molecule has 6 nitrogen and oxygen atoms in total. The Morgan fingerprint density at radius 2 is 1.97 bits per heavy atom. The predicted molar refractivity (Wildman–Crippen MR) is 119 cm³/mol. The van der Waals surface area contributed by atoms with E-state index in [1.807, 2.05) is 37.4 Å². The van der Waals surface area contributed by atoms with Gasteiger partial charge >= 0.3 is 0 Å². The highest BCUT2D eigenvalue weighted by Gasteiger charge is 2.71. The van der Waals surface area contributed by atoms with Crippen LogP contribution in [-0.2, 0) is 19.9 Å². The van der Waals surface area contributed by atoms with Gasteiger partial charge in [0.15, 0.2) is 0 Å². The minimum absolute atomic E-state index is 0.124. The average molecular weight is 428 g/mol. The van der Waals surface area contributed by atoms with Gasteiger partial charge in [-0.05, 0) is 30.9 Å². The van der Waals surface area contributed by atoms with Crippen LogP contribution >= 0.6 is 11.8 Å². The van der Waals surface area contributed by atoms with Crippen molar-refractivity contribution in [1.29, 1.82) is 0 Å². The van der Waals surface area contributed by atoms with Crippen LogP contribution in [0.1, 0.15) is 31.7 Å². The number of carbonyl (C=O) groups excluding carboxylic acids is 3. The second-order valence-corrected chi connectivity index (χ2v) is 9.23. The van der Waals surface area contributed by atoms with Crippen LogP contribution < -0.4 is 10.2 Å². The van der Waals surface area contributed by atoms with E-state index in [1.54, 1.807) is 22.7 Å². The van der Waals surface area contributed by atoms with Crippen LogP contribution in [-0.4, -0.2) is 53.8 Å². The summed E-state index contributed by atoms with van der Waals surface area (Å²) in [5, 5.41) is 3.53. The van der Waals surface area contributed by atoms with Crippen molar-refractivity contribution in [2.24, 2.45) is 11.8 Å². The van der Waals surface area contributed by atoms with E-state index in [2.05, 4.69) is 11.9 Å². The Morgan fingerprint density at radius 3 is 2.67 bits per heavy atom. The largest absolute Gasteiger partial charge is 0.306 e. The standard InChI is InChI=1S/C23H29N3O3S/c1-4-6-13-26-20(27)18-16(11-14-30-3)24-23(19(18)21(26)28)15-9-7-8-10-17(15)25(12-5-2)22(23)29/h5,7-10,16,18-19,24H,2,4,6,11-14H2,1,3H3/t16-,18+,19+,23+/m1/s1. The fraction of sp³-hybridized carbons (Fsp3) is 0.522. The van der Waals surface area contributed by atoms with E-state index in [0.717, 1.165) is 36.3 Å². The molecule has 3 aliphatic rings. The molecule has 2 saturated heterocycles. The van der Waals surface area contributed by atoms with E-state index >= 15 is 0 Å². The monoisotopic (exact) mass is 427 g/mol. The molecule has 0 aromatic heterocycles. The van der Waals surface area contributed by atoms with Gasteiger partial charge in [-0.1, -0.05) is 37.6 Å². The Balaban J connectivity index is 1.83. The van der Waals surface area contributed by atoms with Gasteiger partial charge in [0.1, 0.15) is 5.54 Å². The number of hydrogen-bond donors (Lipinski definition) is 1. The molecule has 4 rings (SSSR count). The first-order chi connectivity index (χ1) is 14.5. The number of thioether (sulfide) groups is 1. The summed E-state index contributed by atoms with van der Waals surface area (Å²) in [5.74, 6) is -0.815. The maximum atomic E-state index is 13.8. The zero-order valence-corrected chi connectivity index (χ0v) is 18.4. The van der Waals surface area contributed by atoms with E-state index in [1.165, 1.54) is 4.90 Å². The molecule has 3 heterocycles. The van der Waals surface area contributed by atoms with Crippen molar-refractivity contribution in [3.8, 4) is 0 Å². The Morgan fingerprint density at radius 1 is 1.20 bits per heavy atom. The quantitative estimate of drug-likeness (QED) is 0.510. The summed E-state index contributed by atoms with van der Waals surface area (Å²) >= 11 is 1.71. The SMILES string of the molecule is C=CCN1C(=O)[C@]2(N[C@H](CCSC)[C@@H]3C(=O)N(CCCC)C(=O)[C@H]32)c2ccccc21. The average Bonchev–Trinajstić information content (AvgIpc) is 3.31. The number of imide groups is 1. The third-order valence-corrected chi connectivity index (χ3v) is 7.28. The number of amides is 3. The number of fused-ring (bicyclic) bond motifs is 4. The van der Waals surface area contributed by atoms with Crippen molar-refractivity contribution in [3.05, 3.63) is 42.5 Å². The molecule has 0 unspecified atom stereocenters. The van der Waals surface area contributed by atoms with Crippen LogP contribution in [0.25, 0.3) is 0 Å². The fourth-order valence-corrected chi connectivity index (χ4v) is 5.84. The molecule has 2 fully saturated rings. The molecular weight excluding hydrogens is 398 g/mol. The van der Waals surface area contributed by atoms with Gasteiger partial charge in [0.05, 0.1) is 11.8 Å². The van der Waals surface area contributed by atoms with E-state index < -0.39 is 17.4 Å². The summed E-state index contributed by atoms with van der Waals surface area (Å²) in [6, 6.07) is 7.42. The number of likely N-dealkylation sites (tertiary alicyclic amines) is 1. The number of nitrogens with one attached hydrogen (secondary N) is 1. The van der Waals surface area contributed by atoms with Gasteiger partial charge in [-0.2, -0.15) is 11.8 Å². The number of hydrogen-bond acceptors (Lipinski definition) is 5. The lowest BCUT2D eigenvalue weighted by atomic mass is 9.76. The molecule has 0 saturated carbocycles. The maximum Gasteiger partial charge on any atom is 0.253 e. The van der Waals surface area contributed by atoms with Crippen molar-refractivity contribution in [3.63, 3.8) is 0 Å². The molecule has 30 heavy (non-hydrogen) atoms. The lowest BCUT2D eigenvalue weighted by molar-refractivity contribution is -0.143. The van der Waals surface area contributed by atoms with Crippen LogP contribution in [0.2, 0.25) is 0 Å². The van der Waals surface area contributed by atoms with Gasteiger partial charge < -0.3 is 4.90 Å². The summed E-state index contributed by atoms with van der Waals surface area (Å²) in [6.45, 7) is 6.63. The molecule has 0 radical (unpaired) electrons. The van der Waals surface area contributed by atoms with E-state index in [4.69, 9.17) is 0 Å². The molecule has 4 atom stereocenters. The van der Waals surface area contributed by atoms with E-state index in [9.17, 15) is 14.4 Å². The van der Waals surface area contributed by atoms with Gasteiger partial charge in [-0.3, -0.25) is 24.6 Å². The van der Waals surface area contributed by atoms with E-state index in [0.29, 0.717) is 13.1 Å². The van der Waals surface area contributed by atoms with Crippen molar-refractivity contribution < 1.29 is 14.4 Å². The number of anilines is 1. The Hall–Kier alpha value is -2.12. The number of benzene rings is 1. The first kappa shape index (κ1) is 21.1. The zero-order valence-electron chi connectivity index (χ0n) is 17.6. The second kappa shape index (κ2) is 8.19. The van der Waals surface area contributed by atoms with Crippen LogP contribution in [0.3, 0.4) is 0 Å². The summed E-state index contributed by atoms with van der Waals surface area (Å²) in [7, 11) is 0. The highest BCUT2D eigenvalue weighted by atomic mass is 32.2. The normalized spacial score (nSPS) is 29.8. The number of nitrogens with zero attached hydrogens (tertiary/aromatic N) is 2. The summed E-state index contributed by atoms with van der Waals surface area (Å²) in [4.78, 5) is 43.9. The molecule has 1 N–H and O–H groups in total. The third kappa shape index (κ3) is 2.86. The van der Waals surface area contributed by atoms with Crippen LogP contribution in [0.4, 0.5) is 5.69 Å². The fourth-order valence-electron chi connectivity index (χ4n) is 5.35. The molecule has 0 aliphatic carbocycles. The molecule has 0 bridgehead atoms. The maximum absolute atomic E-state index is 13.8. The van der Waals surface area contributed by atoms with Gasteiger partial charge in [0.2, 0.25) is 11.8 Å². The van der Waals surface area contributed by atoms with Gasteiger partial charge in [0.25, 0.3) is 5.91 Å². The number of carbonyl (C=O) groups is 3. The lowest BCUT2D eigenvalue weighted by Crippen LogP contribution is -2.55. The molecule has 3 aliphatic heterocycles. The Bertz CT molecular complexity index is 888. The topological polar surface area (TPSA) is 69.7 Å². The lowest BCUT2D eigenvalue weighted by Gasteiger charge is -2.30. The minimum Gasteiger partial charge on any atom is -0.306 e. The molecular formula is C23H29N3O3S. The van der Waals surface area contributed by atoms with Crippen LogP contribution in [0, 0.1) is 11.8 Å². The number of rotatable bonds is 8. The van der Waals surface area contributed by atoms with Crippen molar-refractivity contribution in [2.75, 3.05) is 30.0 Å². The summed E-state index contributed by atoms with van der Waals surface area (Å²) < 4.78 is 0. The molecule has 1 spiro atoms. The number of para-hydroxylation sites is 1. The van der Waals surface area contributed by atoms with Gasteiger partial charge in [-0.15, -0.1) is 6.58 Å². The molecule has 7 heteroatoms. The molecule has 1 aromatic rings. The van der Waals surface area contributed by atoms with Crippen molar-refractivity contribution in [1.82, 2.24) is 10.2 Å². The van der Waals surface area contributed by atoms with Crippen LogP contribution in [0.15, 0.2) is 36.9 Å². The first-order valence-electron chi connectivity index (χ1n) is 10.7. The van der Waals surface area contributed by atoms with Gasteiger partial charge in [0, 0.05) is 30.4 Å². The predicted octanol–water partition coefficient (Wildman–Crippen LogP) is 2.54. The van der Waals surface area contributed by atoms with Gasteiger partial charge in [-0.25, -0.2) is 0 Å². The zero-order chi connectivity index (χ0) is 21.5. The summed E-state index contributed by atoms with van der Waals surface area (Å²) in [6.07, 6.45) is 6.14. The smallest absolute Gasteiger partial charge is 0.253 e. The second-order valence-electron chi connectivity index (χ2n) is 8.25. The number of unbranched alkanes of at least 4 members (excludes halogenated alkanes) is 1. The highest BCUT2D eigenvalue weighted by Crippen LogP contribution is 2.55. The van der Waals surface area contributed by atoms with E-state index in [-0.39, 0.29) is 23.8 Å². The Labute approximate surface area is 182 Å². The molecule has 3 amide bonds.